The van der Waals surface area contributed by atoms with Crippen molar-refractivity contribution in [2.45, 2.75) is 19.4 Å². The lowest BCUT2D eigenvalue weighted by molar-refractivity contribution is 0.292. The smallest absolute Gasteiger partial charge is 0.263 e. The van der Waals surface area contributed by atoms with Gasteiger partial charge in [-0.1, -0.05) is 0 Å². The Morgan fingerprint density at radius 2 is 2.07 bits per heavy atom. The highest BCUT2D eigenvalue weighted by atomic mass is 19.1. The number of halogens is 1. The fraction of sp³-hybridized carbons (Fsp3) is 0.136. The van der Waals surface area contributed by atoms with Gasteiger partial charge in [0.15, 0.2) is 0 Å². The van der Waals surface area contributed by atoms with E-state index >= 15 is 0 Å². The highest BCUT2D eigenvalue weighted by Gasteiger charge is 2.28. The van der Waals surface area contributed by atoms with Crippen molar-refractivity contribution in [3.63, 3.8) is 0 Å². The number of rotatable bonds is 2. The summed E-state index contributed by atoms with van der Waals surface area (Å²) in [6.07, 6.45) is 8.22. The number of fused-ring (bicyclic) bond motifs is 3. The fourth-order valence-electron chi connectivity index (χ4n) is 3.86. The highest BCUT2D eigenvalue weighted by Crippen LogP contribution is 2.39. The number of aromatic nitrogens is 4. The summed E-state index contributed by atoms with van der Waals surface area (Å²) in [6.45, 7) is 0.150. The van der Waals surface area contributed by atoms with E-state index in [4.69, 9.17) is 4.74 Å². The standard InChI is InChI=1S/C22H14FN5O2/c23-18-4-1-3-14(17(18)8-24)15-7-16-19(11-30-20-5-2-6-27-21(16)20)28(22(15)29)13-9-25-12-26-10-13/h2,4-7,9-10,12H,1,3,11H2. The summed E-state index contributed by atoms with van der Waals surface area (Å²) in [4.78, 5) is 26.0. The first-order valence-corrected chi connectivity index (χ1v) is 9.31. The Morgan fingerprint density at radius 3 is 2.87 bits per heavy atom. The third kappa shape index (κ3) is 2.71. The molecule has 4 heterocycles. The maximum Gasteiger partial charge on any atom is 0.263 e. The fourth-order valence-corrected chi connectivity index (χ4v) is 3.86. The molecular weight excluding hydrogens is 385 g/mol. The van der Waals surface area contributed by atoms with Crippen molar-refractivity contribution in [2.75, 3.05) is 0 Å². The molecule has 1 aliphatic heterocycles. The molecule has 0 saturated heterocycles. The molecule has 30 heavy (non-hydrogen) atoms. The second-order valence-corrected chi connectivity index (χ2v) is 6.85. The zero-order valence-electron chi connectivity index (χ0n) is 15.7. The van der Waals surface area contributed by atoms with Crippen LogP contribution in [0.5, 0.6) is 5.75 Å². The van der Waals surface area contributed by atoms with Gasteiger partial charge in [0.25, 0.3) is 5.56 Å². The van der Waals surface area contributed by atoms with Crippen LogP contribution >= 0.6 is 0 Å². The largest absolute Gasteiger partial charge is 0.485 e. The average molecular weight is 399 g/mol. The normalized spacial score (nSPS) is 14.9. The van der Waals surface area contributed by atoms with Gasteiger partial charge in [0.05, 0.1) is 29.3 Å². The predicted octanol–water partition coefficient (Wildman–Crippen LogP) is 3.51. The van der Waals surface area contributed by atoms with Crippen molar-refractivity contribution < 1.29 is 9.13 Å². The molecule has 5 rings (SSSR count). The van der Waals surface area contributed by atoms with Gasteiger partial charge in [-0.15, -0.1) is 0 Å². The van der Waals surface area contributed by atoms with Crippen LogP contribution < -0.4 is 10.3 Å². The molecule has 0 atom stereocenters. The molecule has 0 unspecified atom stereocenters. The summed E-state index contributed by atoms with van der Waals surface area (Å²) < 4.78 is 21.6. The Hall–Kier alpha value is -4.12. The summed E-state index contributed by atoms with van der Waals surface area (Å²) >= 11 is 0. The first-order valence-electron chi connectivity index (χ1n) is 9.31. The van der Waals surface area contributed by atoms with E-state index in [1.54, 1.807) is 24.4 Å². The van der Waals surface area contributed by atoms with E-state index in [9.17, 15) is 14.4 Å². The first kappa shape index (κ1) is 17.9. The minimum absolute atomic E-state index is 0.109. The third-order valence-electron chi connectivity index (χ3n) is 5.19. The van der Waals surface area contributed by atoms with Crippen LogP contribution in [-0.2, 0) is 6.61 Å². The lowest BCUT2D eigenvalue weighted by Gasteiger charge is -2.25. The van der Waals surface area contributed by atoms with E-state index in [-0.39, 0.29) is 23.3 Å². The van der Waals surface area contributed by atoms with Crippen LogP contribution in [0.1, 0.15) is 24.1 Å². The quantitative estimate of drug-likeness (QED) is 0.655. The number of pyridine rings is 2. The molecule has 0 fully saturated rings. The number of allylic oxidation sites excluding steroid dienone is 4. The molecule has 0 saturated carbocycles. The van der Waals surface area contributed by atoms with Gasteiger partial charge in [0.2, 0.25) is 0 Å². The van der Waals surface area contributed by atoms with Crippen LogP contribution in [0, 0.1) is 11.3 Å². The topological polar surface area (TPSA) is 93.7 Å². The molecule has 0 aromatic carbocycles. The van der Waals surface area contributed by atoms with Crippen molar-refractivity contribution in [1.29, 1.82) is 5.26 Å². The molecule has 8 heteroatoms. The van der Waals surface area contributed by atoms with Crippen LogP contribution in [0.2, 0.25) is 0 Å². The van der Waals surface area contributed by atoms with Gasteiger partial charge in [0.1, 0.15) is 36.3 Å². The average Bonchev–Trinajstić information content (AvgIpc) is 2.79. The van der Waals surface area contributed by atoms with Gasteiger partial charge in [-0.2, -0.15) is 5.26 Å². The van der Waals surface area contributed by atoms with Crippen molar-refractivity contribution in [2.24, 2.45) is 0 Å². The molecule has 146 valence electrons. The van der Waals surface area contributed by atoms with Gasteiger partial charge in [0, 0.05) is 17.3 Å². The molecular formula is C22H14FN5O2. The lowest BCUT2D eigenvalue weighted by Crippen LogP contribution is -2.29. The summed E-state index contributed by atoms with van der Waals surface area (Å²) in [7, 11) is 0. The van der Waals surface area contributed by atoms with Crippen LogP contribution in [0.25, 0.3) is 22.5 Å². The highest BCUT2D eigenvalue weighted by molar-refractivity contribution is 5.81. The van der Waals surface area contributed by atoms with Gasteiger partial charge >= 0.3 is 0 Å². The summed E-state index contributed by atoms with van der Waals surface area (Å²) in [6, 6.07) is 7.17. The Bertz CT molecular complexity index is 1340. The maximum atomic E-state index is 14.3. The maximum absolute atomic E-state index is 14.3. The minimum atomic E-state index is -0.604. The third-order valence-corrected chi connectivity index (χ3v) is 5.19. The van der Waals surface area contributed by atoms with Crippen molar-refractivity contribution in [1.82, 2.24) is 19.5 Å². The predicted molar refractivity (Wildman–Crippen MR) is 106 cm³/mol. The number of hydrogen-bond acceptors (Lipinski definition) is 6. The van der Waals surface area contributed by atoms with Crippen molar-refractivity contribution >= 4 is 5.57 Å². The first-order chi connectivity index (χ1) is 14.7. The monoisotopic (exact) mass is 399 g/mol. The Morgan fingerprint density at radius 1 is 1.23 bits per heavy atom. The van der Waals surface area contributed by atoms with E-state index in [1.807, 2.05) is 6.07 Å². The van der Waals surface area contributed by atoms with Crippen molar-refractivity contribution in [3.8, 4) is 28.8 Å². The zero-order chi connectivity index (χ0) is 20.7. The molecule has 0 N–H and O–H groups in total. The van der Waals surface area contributed by atoms with Crippen LogP contribution in [0.4, 0.5) is 4.39 Å². The van der Waals surface area contributed by atoms with Gasteiger partial charge < -0.3 is 4.74 Å². The van der Waals surface area contributed by atoms with E-state index < -0.39 is 5.83 Å². The number of ether oxygens (including phenoxy) is 1. The number of nitrogens with zero attached hydrogens (tertiary/aromatic N) is 5. The van der Waals surface area contributed by atoms with Gasteiger partial charge in [-0.3, -0.25) is 14.3 Å². The van der Waals surface area contributed by atoms with Crippen LogP contribution in [0.3, 0.4) is 0 Å². The summed E-state index contributed by atoms with van der Waals surface area (Å²) in [5.41, 5.74) is 2.47. The van der Waals surface area contributed by atoms with Gasteiger partial charge in [-0.25, -0.2) is 14.4 Å². The molecule has 0 bridgehead atoms. The molecule has 0 radical (unpaired) electrons. The molecule has 0 amide bonds. The lowest BCUT2D eigenvalue weighted by atomic mass is 9.90. The molecule has 3 aromatic heterocycles. The van der Waals surface area contributed by atoms with Gasteiger partial charge in [-0.05, 0) is 42.7 Å². The van der Waals surface area contributed by atoms with E-state index in [1.165, 1.54) is 29.4 Å². The van der Waals surface area contributed by atoms with Crippen LogP contribution in [0.15, 0.2) is 65.4 Å². The molecule has 0 spiro atoms. The second-order valence-electron chi connectivity index (χ2n) is 6.85. The summed E-state index contributed by atoms with van der Waals surface area (Å²) in [5.74, 6) is -0.0120. The van der Waals surface area contributed by atoms with Crippen molar-refractivity contribution in [3.05, 3.63) is 82.2 Å². The zero-order valence-corrected chi connectivity index (χ0v) is 15.7. The van der Waals surface area contributed by atoms with Crippen LogP contribution in [-0.4, -0.2) is 19.5 Å². The Balaban J connectivity index is 1.88. The Kier molecular flexibility index (Phi) is 4.21. The number of nitriles is 1. The SMILES string of the molecule is N#CC1=C(c2cc3c(n(-c4cncnc4)c2=O)COc2cccnc2-3)CCC=C1F. The molecule has 2 aliphatic rings. The minimum Gasteiger partial charge on any atom is -0.485 e. The molecule has 3 aromatic rings. The molecule has 7 nitrogen and oxygen atoms in total. The van der Waals surface area contributed by atoms with E-state index in [2.05, 4.69) is 15.0 Å². The van der Waals surface area contributed by atoms with E-state index in [0.717, 1.165) is 0 Å². The Labute approximate surface area is 170 Å². The molecule has 1 aliphatic carbocycles. The second kappa shape index (κ2) is 7.04. The number of hydrogen-bond donors (Lipinski definition) is 0. The summed E-state index contributed by atoms with van der Waals surface area (Å²) in [5, 5.41) is 9.52. The van der Waals surface area contributed by atoms with E-state index in [0.29, 0.717) is 46.8 Å².